The van der Waals surface area contributed by atoms with Gasteiger partial charge in [0, 0.05) is 25.7 Å². The summed E-state index contributed by atoms with van der Waals surface area (Å²) in [6, 6.07) is 5.68. The number of rotatable bonds is 7. The summed E-state index contributed by atoms with van der Waals surface area (Å²) < 4.78 is 0. The van der Waals surface area contributed by atoms with Gasteiger partial charge in [0.05, 0.1) is 17.5 Å². The van der Waals surface area contributed by atoms with Crippen LogP contribution >= 0.6 is 11.3 Å². The van der Waals surface area contributed by atoms with Gasteiger partial charge in [0.25, 0.3) is 5.91 Å². The van der Waals surface area contributed by atoms with Crippen LogP contribution in [0.2, 0.25) is 0 Å². The summed E-state index contributed by atoms with van der Waals surface area (Å²) in [5.41, 5.74) is 0. The molecule has 0 bridgehead atoms. The molecule has 1 fully saturated rings. The maximum atomic E-state index is 11.8. The number of aromatic nitrogens is 2. The maximum absolute atomic E-state index is 11.8. The number of anilines is 2. The number of nitrogens with zero attached hydrogens (tertiary/aromatic N) is 3. The summed E-state index contributed by atoms with van der Waals surface area (Å²) in [6.07, 6.45) is 3.57. The van der Waals surface area contributed by atoms with Crippen molar-refractivity contribution in [1.29, 1.82) is 0 Å². The third-order valence-corrected chi connectivity index (χ3v) is 4.87. The topological polar surface area (TPSA) is 90.4 Å². The molecule has 7 nitrogen and oxygen atoms in total. The summed E-state index contributed by atoms with van der Waals surface area (Å²) in [6.45, 7) is 2.14. The number of carbonyl (C=O) groups excluding carboxylic acids is 1. The van der Waals surface area contributed by atoms with E-state index in [1.54, 1.807) is 6.07 Å². The lowest BCUT2D eigenvalue weighted by Gasteiger charge is -2.24. The van der Waals surface area contributed by atoms with E-state index < -0.39 is 0 Å². The highest BCUT2D eigenvalue weighted by Crippen LogP contribution is 2.24. The fraction of sp³-hybridized carbons (Fsp3) is 0.438. The minimum Gasteiger partial charge on any atom is -0.394 e. The molecule has 1 aliphatic rings. The van der Waals surface area contributed by atoms with E-state index in [0.29, 0.717) is 23.8 Å². The van der Waals surface area contributed by atoms with E-state index in [2.05, 4.69) is 25.5 Å². The van der Waals surface area contributed by atoms with Crippen molar-refractivity contribution in [3.05, 3.63) is 34.8 Å². The van der Waals surface area contributed by atoms with Crippen molar-refractivity contribution in [2.24, 2.45) is 0 Å². The smallest absolute Gasteiger partial charge is 0.261 e. The Hall–Kier alpha value is -2.19. The van der Waals surface area contributed by atoms with E-state index in [1.807, 2.05) is 17.5 Å². The van der Waals surface area contributed by atoms with Crippen LogP contribution < -0.4 is 15.5 Å². The van der Waals surface area contributed by atoms with Gasteiger partial charge >= 0.3 is 0 Å². The van der Waals surface area contributed by atoms with Gasteiger partial charge < -0.3 is 20.6 Å². The molecular weight excluding hydrogens is 326 g/mol. The Kier molecular flexibility index (Phi) is 5.60. The van der Waals surface area contributed by atoms with Crippen LogP contribution in [0.5, 0.6) is 0 Å². The molecule has 3 heterocycles. The van der Waals surface area contributed by atoms with Crippen molar-refractivity contribution in [1.82, 2.24) is 15.3 Å². The molecule has 2 aromatic heterocycles. The molecule has 1 atom stereocenters. The zero-order valence-electron chi connectivity index (χ0n) is 13.3. The Balaban J connectivity index is 1.49. The van der Waals surface area contributed by atoms with Crippen molar-refractivity contribution >= 4 is 28.9 Å². The molecule has 1 aliphatic heterocycles. The first kappa shape index (κ1) is 16.7. The molecule has 0 radical (unpaired) electrons. The van der Waals surface area contributed by atoms with E-state index in [4.69, 9.17) is 0 Å². The largest absolute Gasteiger partial charge is 0.394 e. The lowest BCUT2D eigenvalue weighted by molar-refractivity contribution is 0.0959. The summed E-state index contributed by atoms with van der Waals surface area (Å²) in [5.74, 6) is 1.48. The van der Waals surface area contributed by atoms with Crippen molar-refractivity contribution < 1.29 is 9.90 Å². The molecule has 3 N–H and O–H groups in total. The molecule has 1 amide bonds. The maximum Gasteiger partial charge on any atom is 0.261 e. The minimum absolute atomic E-state index is 0.0574. The predicted molar refractivity (Wildman–Crippen MR) is 94.6 cm³/mol. The third kappa shape index (κ3) is 4.01. The number of nitrogens with one attached hydrogen (secondary N) is 2. The molecule has 0 saturated carbocycles. The molecule has 1 saturated heterocycles. The fourth-order valence-corrected chi connectivity index (χ4v) is 3.43. The predicted octanol–water partition coefficient (Wildman–Crippen LogP) is 1.34. The number of aliphatic hydroxyl groups excluding tert-OH is 1. The minimum atomic E-state index is -0.0574. The zero-order valence-corrected chi connectivity index (χ0v) is 14.1. The van der Waals surface area contributed by atoms with Crippen molar-refractivity contribution in [3.63, 3.8) is 0 Å². The van der Waals surface area contributed by atoms with Crippen LogP contribution in [0, 0.1) is 0 Å². The van der Waals surface area contributed by atoms with Crippen LogP contribution in [-0.4, -0.2) is 53.3 Å². The lowest BCUT2D eigenvalue weighted by atomic mass is 10.2. The fourth-order valence-electron chi connectivity index (χ4n) is 2.79. The first-order chi connectivity index (χ1) is 11.8. The summed E-state index contributed by atoms with van der Waals surface area (Å²) in [5, 5.41) is 17.4. The highest BCUT2D eigenvalue weighted by Gasteiger charge is 2.25. The number of aliphatic hydroxyl groups is 1. The van der Waals surface area contributed by atoms with Gasteiger partial charge in [0.2, 0.25) is 0 Å². The standard InChI is InChI=1S/C16H21N5O2S/c22-10-12-3-1-7-21(12)15-9-14(19-11-20-15)17-5-6-18-16(23)13-4-2-8-24-13/h2,4,8-9,11-12,22H,1,3,5-7,10H2,(H,18,23)(H,17,19,20)/t12-/m0/s1. The summed E-state index contributed by atoms with van der Waals surface area (Å²) in [4.78, 5) is 23.2. The number of hydrogen-bond donors (Lipinski definition) is 3. The second kappa shape index (κ2) is 8.07. The molecule has 2 aromatic rings. The third-order valence-electron chi connectivity index (χ3n) is 4.00. The average Bonchev–Trinajstić information content (AvgIpc) is 3.30. The summed E-state index contributed by atoms with van der Waals surface area (Å²) >= 11 is 1.42. The van der Waals surface area contributed by atoms with Crippen LogP contribution in [0.3, 0.4) is 0 Å². The van der Waals surface area contributed by atoms with E-state index in [9.17, 15) is 9.90 Å². The van der Waals surface area contributed by atoms with Gasteiger partial charge in [-0.05, 0) is 24.3 Å². The van der Waals surface area contributed by atoms with Gasteiger partial charge in [-0.25, -0.2) is 9.97 Å². The zero-order chi connectivity index (χ0) is 16.8. The van der Waals surface area contributed by atoms with Crippen molar-refractivity contribution in [2.75, 3.05) is 36.5 Å². The normalized spacial score (nSPS) is 17.0. The lowest BCUT2D eigenvalue weighted by Crippen LogP contribution is -2.33. The van der Waals surface area contributed by atoms with Gasteiger partial charge in [-0.1, -0.05) is 6.07 Å². The number of thiophene rings is 1. The first-order valence-corrected chi connectivity index (χ1v) is 8.91. The molecular formula is C16H21N5O2S. The highest BCUT2D eigenvalue weighted by atomic mass is 32.1. The van der Waals surface area contributed by atoms with Gasteiger partial charge in [-0.2, -0.15) is 0 Å². The van der Waals surface area contributed by atoms with Crippen LogP contribution in [-0.2, 0) is 0 Å². The van der Waals surface area contributed by atoms with Crippen LogP contribution in [0.1, 0.15) is 22.5 Å². The Morgan fingerprint density at radius 3 is 3.12 bits per heavy atom. The molecule has 128 valence electrons. The van der Waals surface area contributed by atoms with Crippen LogP contribution in [0.25, 0.3) is 0 Å². The van der Waals surface area contributed by atoms with Crippen molar-refractivity contribution in [3.8, 4) is 0 Å². The number of carbonyl (C=O) groups is 1. The first-order valence-electron chi connectivity index (χ1n) is 8.03. The monoisotopic (exact) mass is 347 g/mol. The quantitative estimate of drug-likeness (QED) is 0.655. The SMILES string of the molecule is O=C(NCCNc1cc(N2CCC[C@H]2CO)ncn1)c1cccs1. The Labute approximate surface area is 144 Å². The number of hydrogen-bond acceptors (Lipinski definition) is 7. The molecule has 8 heteroatoms. The molecule has 24 heavy (non-hydrogen) atoms. The van der Waals surface area contributed by atoms with E-state index in [1.165, 1.54) is 17.7 Å². The summed E-state index contributed by atoms with van der Waals surface area (Å²) in [7, 11) is 0. The molecule has 0 unspecified atom stereocenters. The van der Waals surface area contributed by atoms with Crippen LogP contribution in [0.4, 0.5) is 11.6 Å². The molecule has 0 aromatic carbocycles. The van der Waals surface area contributed by atoms with Crippen LogP contribution in [0.15, 0.2) is 29.9 Å². The molecule has 0 aliphatic carbocycles. The van der Waals surface area contributed by atoms with Gasteiger partial charge in [0.1, 0.15) is 18.0 Å². The Morgan fingerprint density at radius 1 is 1.42 bits per heavy atom. The molecule has 0 spiro atoms. The van der Waals surface area contributed by atoms with E-state index in [-0.39, 0.29) is 18.6 Å². The second-order valence-electron chi connectivity index (χ2n) is 5.59. The van der Waals surface area contributed by atoms with Crippen molar-refractivity contribution in [2.45, 2.75) is 18.9 Å². The van der Waals surface area contributed by atoms with Gasteiger partial charge in [-0.15, -0.1) is 11.3 Å². The Bertz CT molecular complexity index is 664. The average molecular weight is 347 g/mol. The van der Waals surface area contributed by atoms with E-state index >= 15 is 0 Å². The Morgan fingerprint density at radius 2 is 2.33 bits per heavy atom. The highest BCUT2D eigenvalue weighted by molar-refractivity contribution is 7.12. The van der Waals surface area contributed by atoms with Gasteiger partial charge in [0.15, 0.2) is 0 Å². The number of amides is 1. The second-order valence-corrected chi connectivity index (χ2v) is 6.54. The molecule has 3 rings (SSSR count). The van der Waals surface area contributed by atoms with E-state index in [0.717, 1.165) is 25.2 Å². The van der Waals surface area contributed by atoms with Gasteiger partial charge in [-0.3, -0.25) is 4.79 Å².